The van der Waals surface area contributed by atoms with Crippen molar-refractivity contribution in [2.45, 2.75) is 52.8 Å². The monoisotopic (exact) mass is 493 g/mol. The van der Waals surface area contributed by atoms with Crippen molar-refractivity contribution in [1.29, 1.82) is 0 Å². The van der Waals surface area contributed by atoms with E-state index in [4.69, 9.17) is 9.47 Å². The van der Waals surface area contributed by atoms with Gasteiger partial charge in [-0.15, -0.1) is 0 Å². The first-order chi connectivity index (χ1) is 17.4. The summed E-state index contributed by atoms with van der Waals surface area (Å²) < 4.78 is 13.9. The quantitative estimate of drug-likeness (QED) is 0.413. The molecule has 1 N–H and O–H groups in total. The minimum atomic E-state index is -0.466. The zero-order chi connectivity index (χ0) is 25.7. The maximum Gasteiger partial charge on any atom is 0.161 e. The van der Waals surface area contributed by atoms with Crippen LogP contribution in [0.15, 0.2) is 42.5 Å². The largest absolute Gasteiger partial charge is 0.493 e. The van der Waals surface area contributed by atoms with E-state index >= 15 is 0 Å². The molecule has 1 aromatic heterocycles. The molecule has 0 amide bonds. The number of hydrogen-bond donors (Lipinski definition) is 1. The lowest BCUT2D eigenvalue weighted by Crippen LogP contribution is -2.35. The first kappa shape index (κ1) is 26.5. The Balaban J connectivity index is 1.30. The standard InChI is InChI=1S/C30H43N3O3/c1-22-12-14-32(15-13-22)16-17-36-29-11-10-25(18-30(29)35-5)19-31(4)20-26(34)21-33-24(3)23(2)27-8-6-7-9-28(27)33/h6-11,18,22,26,34H,12-17,19-21H2,1-5H3/t26-/m1/s1. The Morgan fingerprint density at radius 2 is 1.83 bits per heavy atom. The van der Waals surface area contributed by atoms with Gasteiger partial charge in [0.05, 0.1) is 19.8 Å². The van der Waals surface area contributed by atoms with Gasteiger partial charge in [0, 0.05) is 36.2 Å². The fourth-order valence-electron chi connectivity index (χ4n) is 5.34. The normalized spacial score (nSPS) is 16.1. The van der Waals surface area contributed by atoms with Crippen molar-refractivity contribution in [1.82, 2.24) is 14.4 Å². The molecular weight excluding hydrogens is 450 g/mol. The van der Waals surface area contributed by atoms with Gasteiger partial charge in [0.25, 0.3) is 0 Å². The minimum absolute atomic E-state index is 0.466. The molecule has 6 nitrogen and oxygen atoms in total. The lowest BCUT2D eigenvalue weighted by atomic mass is 9.99. The third kappa shape index (κ3) is 6.41. The second-order valence-electron chi connectivity index (χ2n) is 10.5. The molecule has 1 aliphatic rings. The van der Waals surface area contributed by atoms with Gasteiger partial charge < -0.3 is 19.1 Å². The molecular formula is C30H43N3O3. The van der Waals surface area contributed by atoms with Crippen LogP contribution in [-0.4, -0.2) is 72.5 Å². The molecule has 1 aliphatic heterocycles. The van der Waals surface area contributed by atoms with E-state index in [1.807, 2.05) is 19.2 Å². The SMILES string of the molecule is COc1cc(CN(C)C[C@@H](O)Cn2c(C)c(C)c3ccccc32)ccc1OCCN1CCC(C)CC1. The van der Waals surface area contributed by atoms with Crippen molar-refractivity contribution in [2.75, 3.05) is 46.9 Å². The average Bonchev–Trinajstić information content (AvgIpc) is 3.10. The van der Waals surface area contributed by atoms with Crippen molar-refractivity contribution in [2.24, 2.45) is 5.92 Å². The average molecular weight is 494 g/mol. The Morgan fingerprint density at radius 3 is 2.58 bits per heavy atom. The van der Waals surface area contributed by atoms with E-state index in [0.29, 0.717) is 19.7 Å². The number of likely N-dealkylation sites (tertiary alicyclic amines) is 1. The molecule has 0 bridgehead atoms. The maximum absolute atomic E-state index is 10.9. The molecule has 6 heteroatoms. The van der Waals surface area contributed by atoms with E-state index in [2.05, 4.69) is 65.5 Å². The van der Waals surface area contributed by atoms with E-state index in [-0.39, 0.29) is 0 Å². The highest BCUT2D eigenvalue weighted by Gasteiger charge is 2.17. The molecule has 0 radical (unpaired) electrons. The molecule has 2 heterocycles. The number of likely N-dealkylation sites (N-methyl/N-ethyl adjacent to an activating group) is 1. The number of nitrogens with zero attached hydrogens (tertiary/aromatic N) is 3. The first-order valence-corrected chi connectivity index (χ1v) is 13.3. The number of aliphatic hydroxyl groups excluding tert-OH is 1. The fraction of sp³-hybridized carbons (Fsp3) is 0.533. The number of benzene rings is 2. The second-order valence-corrected chi connectivity index (χ2v) is 10.5. The van der Waals surface area contributed by atoms with E-state index in [9.17, 15) is 5.11 Å². The van der Waals surface area contributed by atoms with Crippen LogP contribution < -0.4 is 9.47 Å². The van der Waals surface area contributed by atoms with Gasteiger partial charge in [-0.1, -0.05) is 31.2 Å². The molecule has 3 aromatic rings. The van der Waals surface area contributed by atoms with Crippen molar-refractivity contribution in [3.05, 3.63) is 59.3 Å². The summed E-state index contributed by atoms with van der Waals surface area (Å²) in [5.41, 5.74) is 4.82. The van der Waals surface area contributed by atoms with Gasteiger partial charge in [0.15, 0.2) is 11.5 Å². The van der Waals surface area contributed by atoms with E-state index in [1.54, 1.807) is 7.11 Å². The number of piperidine rings is 1. The second kappa shape index (κ2) is 12.1. The summed E-state index contributed by atoms with van der Waals surface area (Å²) >= 11 is 0. The number of rotatable bonds is 11. The van der Waals surface area contributed by atoms with Gasteiger partial charge in [-0.25, -0.2) is 0 Å². The highest BCUT2D eigenvalue weighted by molar-refractivity contribution is 5.85. The number of aryl methyl sites for hydroxylation is 1. The lowest BCUT2D eigenvalue weighted by Gasteiger charge is -2.30. The van der Waals surface area contributed by atoms with Crippen LogP contribution in [0.25, 0.3) is 10.9 Å². The van der Waals surface area contributed by atoms with Crippen LogP contribution in [0, 0.1) is 19.8 Å². The molecule has 0 spiro atoms. The first-order valence-electron chi connectivity index (χ1n) is 13.3. The molecule has 1 atom stereocenters. The summed E-state index contributed by atoms with van der Waals surface area (Å²) in [6, 6.07) is 14.6. The number of aliphatic hydroxyl groups is 1. The number of para-hydroxylation sites is 1. The van der Waals surface area contributed by atoms with Gasteiger partial charge in [0.1, 0.15) is 6.61 Å². The number of ether oxygens (including phenoxy) is 2. The van der Waals surface area contributed by atoms with Crippen LogP contribution >= 0.6 is 0 Å². The summed E-state index contributed by atoms with van der Waals surface area (Å²) in [5.74, 6) is 2.40. The number of methoxy groups -OCH3 is 1. The van der Waals surface area contributed by atoms with Crippen LogP contribution in [0.4, 0.5) is 0 Å². The summed E-state index contributed by atoms with van der Waals surface area (Å²) in [4.78, 5) is 4.64. The Kier molecular flexibility index (Phi) is 8.94. The Morgan fingerprint density at radius 1 is 1.08 bits per heavy atom. The van der Waals surface area contributed by atoms with Gasteiger partial charge >= 0.3 is 0 Å². The smallest absolute Gasteiger partial charge is 0.161 e. The lowest BCUT2D eigenvalue weighted by molar-refractivity contribution is 0.108. The highest BCUT2D eigenvalue weighted by Crippen LogP contribution is 2.29. The van der Waals surface area contributed by atoms with Crippen LogP contribution in [0.3, 0.4) is 0 Å². The summed E-state index contributed by atoms with van der Waals surface area (Å²) in [7, 11) is 3.74. The van der Waals surface area contributed by atoms with Gasteiger partial charge in [0.2, 0.25) is 0 Å². The van der Waals surface area contributed by atoms with Crippen LogP contribution in [0.5, 0.6) is 11.5 Å². The fourth-order valence-corrected chi connectivity index (χ4v) is 5.34. The molecule has 36 heavy (non-hydrogen) atoms. The predicted molar refractivity (Wildman–Crippen MR) is 147 cm³/mol. The van der Waals surface area contributed by atoms with Crippen molar-refractivity contribution in [3.8, 4) is 11.5 Å². The van der Waals surface area contributed by atoms with Crippen LogP contribution in [-0.2, 0) is 13.1 Å². The molecule has 4 rings (SSSR count). The molecule has 2 aromatic carbocycles. The number of aromatic nitrogens is 1. The number of hydrogen-bond acceptors (Lipinski definition) is 5. The van der Waals surface area contributed by atoms with Crippen molar-refractivity contribution < 1.29 is 14.6 Å². The van der Waals surface area contributed by atoms with E-state index < -0.39 is 6.10 Å². The van der Waals surface area contributed by atoms with Crippen LogP contribution in [0.1, 0.15) is 36.6 Å². The van der Waals surface area contributed by atoms with Gasteiger partial charge in [-0.2, -0.15) is 0 Å². The van der Waals surface area contributed by atoms with Gasteiger partial charge in [-0.3, -0.25) is 9.80 Å². The van der Waals surface area contributed by atoms with E-state index in [0.717, 1.165) is 36.1 Å². The third-order valence-corrected chi connectivity index (χ3v) is 7.68. The van der Waals surface area contributed by atoms with Crippen LogP contribution in [0.2, 0.25) is 0 Å². The molecule has 196 valence electrons. The van der Waals surface area contributed by atoms with E-state index in [1.165, 1.54) is 48.1 Å². The third-order valence-electron chi connectivity index (χ3n) is 7.68. The minimum Gasteiger partial charge on any atom is -0.493 e. The Bertz CT molecular complexity index is 1130. The molecule has 1 saturated heterocycles. The number of fused-ring (bicyclic) bond motifs is 1. The Labute approximate surface area is 216 Å². The zero-order valence-electron chi connectivity index (χ0n) is 22.7. The topological polar surface area (TPSA) is 50.1 Å². The molecule has 0 unspecified atom stereocenters. The molecule has 0 saturated carbocycles. The van der Waals surface area contributed by atoms with Crippen molar-refractivity contribution in [3.63, 3.8) is 0 Å². The predicted octanol–water partition coefficient (Wildman–Crippen LogP) is 4.87. The zero-order valence-corrected chi connectivity index (χ0v) is 22.7. The molecule has 1 fully saturated rings. The van der Waals surface area contributed by atoms with Gasteiger partial charge in [-0.05, 0) is 82.1 Å². The van der Waals surface area contributed by atoms with Crippen molar-refractivity contribution >= 4 is 10.9 Å². The Hall–Kier alpha value is -2.54. The highest BCUT2D eigenvalue weighted by atomic mass is 16.5. The maximum atomic E-state index is 10.9. The molecule has 0 aliphatic carbocycles. The summed E-state index contributed by atoms with van der Waals surface area (Å²) in [5, 5.41) is 12.2. The summed E-state index contributed by atoms with van der Waals surface area (Å²) in [6.07, 6.45) is 2.09. The summed E-state index contributed by atoms with van der Waals surface area (Å²) in [6.45, 7) is 12.5.